The minimum atomic E-state index is -0.0856. The normalized spacial score (nSPS) is 8.59. The molecule has 0 atom stereocenters. The molecule has 27 heavy (non-hydrogen) atoms. The van der Waals surface area contributed by atoms with Crippen molar-refractivity contribution in [3.63, 3.8) is 0 Å². The largest absolute Gasteiger partial charge is 3.00 e. The first-order valence-electron chi connectivity index (χ1n) is 6.29. The molecule has 1 heterocycles. The van der Waals surface area contributed by atoms with E-state index in [0.717, 1.165) is 5.56 Å². The van der Waals surface area contributed by atoms with Gasteiger partial charge in [0.25, 0.3) is 0 Å². The summed E-state index contributed by atoms with van der Waals surface area (Å²) >= 11 is 5.17. The molecular formula is C15H17Cl2FeN4O4S. The molecule has 1 radical (unpaired) electrons. The average Bonchev–Trinajstić information content (AvgIpc) is 2.88. The number of nitrogens with one attached hydrogen (secondary N) is 1. The number of para-hydroxylation sites is 1. The third-order valence-electron chi connectivity index (χ3n) is 2.91. The van der Waals surface area contributed by atoms with Crippen molar-refractivity contribution in [3.8, 4) is 17.1 Å². The molecule has 0 amide bonds. The van der Waals surface area contributed by atoms with Crippen molar-refractivity contribution in [3.05, 3.63) is 64.9 Å². The molecule has 3 aromatic rings. The fourth-order valence-electron chi connectivity index (χ4n) is 1.88. The van der Waals surface area contributed by atoms with E-state index >= 15 is 0 Å². The van der Waals surface area contributed by atoms with Gasteiger partial charge in [0, 0.05) is 5.56 Å². The smallest absolute Gasteiger partial charge is 1.00 e. The van der Waals surface area contributed by atoms with Crippen LogP contribution in [0.25, 0.3) is 11.4 Å². The van der Waals surface area contributed by atoms with Crippen LogP contribution in [-0.4, -0.2) is 37.5 Å². The molecule has 0 fully saturated rings. The zero-order valence-electron chi connectivity index (χ0n) is 13.5. The zero-order valence-corrected chi connectivity index (χ0v) is 17.0. The molecule has 0 spiro atoms. The van der Waals surface area contributed by atoms with Gasteiger partial charge in [-0.25, -0.2) is 5.10 Å². The van der Waals surface area contributed by atoms with Crippen molar-refractivity contribution in [2.45, 2.75) is 0 Å². The minimum absolute atomic E-state index is 0. The third-order valence-corrected chi connectivity index (χ3v) is 3.18. The molecule has 0 aliphatic carbocycles. The summed E-state index contributed by atoms with van der Waals surface area (Å²) in [5, 5.41) is 22.8. The maximum atomic E-state index is 11.7. The van der Waals surface area contributed by atoms with Crippen LogP contribution in [0.3, 0.4) is 0 Å². The van der Waals surface area contributed by atoms with E-state index in [9.17, 15) is 5.11 Å². The fourth-order valence-corrected chi connectivity index (χ4v) is 2.06. The number of aromatic nitrogens is 3. The zero-order chi connectivity index (χ0) is 14.7. The number of rotatable bonds is 3. The van der Waals surface area contributed by atoms with E-state index in [2.05, 4.69) is 15.3 Å². The van der Waals surface area contributed by atoms with E-state index in [1.165, 1.54) is 17.0 Å². The van der Waals surface area contributed by atoms with Crippen molar-refractivity contribution in [2.75, 3.05) is 0 Å². The summed E-state index contributed by atoms with van der Waals surface area (Å²) in [6.45, 7) is 0. The summed E-state index contributed by atoms with van der Waals surface area (Å²) in [4.78, 5) is 0. The van der Waals surface area contributed by atoms with Gasteiger partial charge in [-0.05, 0) is 17.8 Å². The van der Waals surface area contributed by atoms with Gasteiger partial charge >= 0.3 is 17.1 Å². The van der Waals surface area contributed by atoms with Crippen LogP contribution in [0.15, 0.2) is 59.7 Å². The summed E-state index contributed by atoms with van der Waals surface area (Å²) in [7, 11) is 0. The Hall–Kier alpha value is -1.75. The molecule has 1 aromatic heterocycles. The first kappa shape index (κ1) is 32.9. The van der Waals surface area contributed by atoms with E-state index in [4.69, 9.17) is 12.2 Å². The molecule has 3 rings (SSSR count). The topological polar surface area (TPSA) is 164 Å². The van der Waals surface area contributed by atoms with Crippen molar-refractivity contribution in [2.24, 2.45) is 5.10 Å². The maximum absolute atomic E-state index is 11.7. The predicted molar refractivity (Wildman–Crippen MR) is 92.6 cm³/mol. The number of halogens is 2. The Morgan fingerprint density at radius 1 is 0.963 bits per heavy atom. The van der Waals surface area contributed by atoms with E-state index < -0.39 is 0 Å². The van der Waals surface area contributed by atoms with Crippen LogP contribution in [0.4, 0.5) is 0 Å². The van der Waals surface area contributed by atoms with Crippen LogP contribution in [0.2, 0.25) is 0 Å². The number of benzene rings is 2. The van der Waals surface area contributed by atoms with E-state index in [0.29, 0.717) is 16.2 Å². The second-order valence-electron chi connectivity index (χ2n) is 4.31. The van der Waals surface area contributed by atoms with Gasteiger partial charge in [-0.1, -0.05) is 60.3 Å². The molecule has 0 aliphatic heterocycles. The molecule has 0 saturated heterocycles. The Balaban J connectivity index is -0.000000441. The SMILES string of the molecule is O.O.O.[Cl-].[Cl-].[Fe+3].[O-]c1ccccc1/C=N/n1c(-c2ccccc2)n[nH]c1=S. The quantitative estimate of drug-likeness (QED) is 0.227. The van der Waals surface area contributed by atoms with E-state index in [1.54, 1.807) is 18.2 Å². The molecule has 12 heteroatoms. The van der Waals surface area contributed by atoms with Gasteiger partial charge in [0.2, 0.25) is 4.77 Å². The van der Waals surface area contributed by atoms with Gasteiger partial charge < -0.3 is 46.3 Å². The van der Waals surface area contributed by atoms with Crippen molar-refractivity contribution >= 4 is 18.4 Å². The second-order valence-corrected chi connectivity index (χ2v) is 4.70. The summed E-state index contributed by atoms with van der Waals surface area (Å²) in [6.07, 6.45) is 1.49. The number of hydrogen-bond acceptors (Lipinski definition) is 4. The average molecular weight is 476 g/mol. The number of nitrogens with zero attached hydrogens (tertiary/aromatic N) is 3. The molecular weight excluding hydrogens is 459 g/mol. The Kier molecular flexibility index (Phi) is 18.7. The van der Waals surface area contributed by atoms with Gasteiger partial charge in [0.1, 0.15) is 0 Å². The summed E-state index contributed by atoms with van der Waals surface area (Å²) < 4.78 is 1.87. The number of aromatic amines is 1. The monoisotopic (exact) mass is 475 g/mol. The standard InChI is InChI=1S/C15H12N4OS.2ClH.Fe.3H2O/c20-13-9-5-4-8-12(13)10-16-19-14(17-18-15(19)21)11-6-2-1-3-7-11;;;;;;/h1-10,20H,(H,18,21);2*1H;;3*1H2/q;;;+3;;;/p-3/b16-10+;;;;;;. The van der Waals surface area contributed by atoms with Gasteiger partial charge in [-0.2, -0.15) is 14.9 Å². The van der Waals surface area contributed by atoms with E-state index in [1.807, 2.05) is 30.3 Å². The van der Waals surface area contributed by atoms with Crippen molar-refractivity contribution in [1.82, 2.24) is 14.9 Å². The van der Waals surface area contributed by atoms with Gasteiger partial charge in [-0.15, -0.1) is 0 Å². The Morgan fingerprint density at radius 3 is 2.11 bits per heavy atom. The number of H-pyrrole nitrogens is 1. The minimum Gasteiger partial charge on any atom is -1.00 e. The summed E-state index contributed by atoms with van der Waals surface area (Å²) in [5.41, 5.74) is 1.39. The molecule has 2 aromatic carbocycles. The number of hydrogen-bond donors (Lipinski definition) is 1. The Morgan fingerprint density at radius 2 is 1.52 bits per heavy atom. The molecule has 149 valence electrons. The first-order valence-corrected chi connectivity index (χ1v) is 6.70. The first-order chi connectivity index (χ1) is 10.3. The maximum Gasteiger partial charge on any atom is 3.00 e. The van der Waals surface area contributed by atoms with Crippen molar-refractivity contribution < 1.29 is 63.4 Å². The molecule has 7 N–H and O–H groups in total. The predicted octanol–water partition coefficient (Wildman–Crippen LogP) is -5.91. The molecule has 0 bridgehead atoms. The molecule has 0 aliphatic rings. The van der Waals surface area contributed by atoms with Gasteiger partial charge in [0.15, 0.2) is 5.82 Å². The summed E-state index contributed by atoms with van der Waals surface area (Å²) in [5.74, 6) is 0.512. The third kappa shape index (κ3) is 7.79. The van der Waals surface area contributed by atoms with Crippen LogP contribution < -0.4 is 29.9 Å². The van der Waals surface area contributed by atoms with Crippen LogP contribution >= 0.6 is 12.2 Å². The second kappa shape index (κ2) is 15.3. The van der Waals surface area contributed by atoms with Gasteiger partial charge in [-0.3, -0.25) is 0 Å². The van der Waals surface area contributed by atoms with Crippen LogP contribution in [-0.2, 0) is 17.1 Å². The fraction of sp³-hybridized carbons (Fsp3) is 0. The molecule has 0 unspecified atom stereocenters. The van der Waals surface area contributed by atoms with E-state index in [-0.39, 0.29) is 64.1 Å². The van der Waals surface area contributed by atoms with Crippen LogP contribution in [0.1, 0.15) is 5.56 Å². The summed E-state index contributed by atoms with van der Waals surface area (Å²) in [6, 6.07) is 16.3. The Labute approximate surface area is 183 Å². The molecule has 0 saturated carbocycles. The van der Waals surface area contributed by atoms with Crippen LogP contribution in [0.5, 0.6) is 5.75 Å². The van der Waals surface area contributed by atoms with Gasteiger partial charge in [0.05, 0.1) is 6.21 Å². The van der Waals surface area contributed by atoms with Crippen molar-refractivity contribution in [1.29, 1.82) is 0 Å². The Bertz CT molecular complexity index is 862. The van der Waals surface area contributed by atoms with Crippen LogP contribution in [0, 0.1) is 4.77 Å². The molecule has 8 nitrogen and oxygen atoms in total.